The summed E-state index contributed by atoms with van der Waals surface area (Å²) >= 11 is 0. The SMILES string of the molecule is O.O.O.O.O.O.O.O.S. The first kappa shape index (κ1) is 647000. The Hall–Kier alpha value is 0.0300. The topological polar surface area (TPSA) is 252 Å². The molecule has 0 aromatic rings. The quantitative estimate of drug-likeness (QED) is 0.335. The van der Waals surface area contributed by atoms with Crippen molar-refractivity contribution in [2.24, 2.45) is 0 Å². The Balaban J connectivity index is 0. The monoisotopic (exact) mass is 178 g/mol. The number of hydrogen-bond acceptors (Lipinski definition) is 0. The van der Waals surface area contributed by atoms with Gasteiger partial charge < -0.3 is 43.8 Å². The molecule has 72 valence electrons. The van der Waals surface area contributed by atoms with E-state index in [4.69, 9.17) is 0 Å². The molecule has 0 radical (unpaired) electrons. The molecule has 16 N–H and O–H groups in total. The summed E-state index contributed by atoms with van der Waals surface area (Å²) in [5.74, 6) is 0. The standard InChI is InChI=1S/8H2O.H2S/h9*1H2. The molecule has 0 fully saturated rings. The third kappa shape index (κ3) is 324000. The van der Waals surface area contributed by atoms with E-state index < -0.39 is 0 Å². The molecule has 0 aliphatic heterocycles. The zero-order valence-electron chi connectivity index (χ0n) is 4.50. The van der Waals surface area contributed by atoms with Crippen LogP contribution >= 0.6 is 13.5 Å². The van der Waals surface area contributed by atoms with E-state index in [-0.39, 0.29) is 57.3 Å². The zero-order chi connectivity index (χ0) is 0. The van der Waals surface area contributed by atoms with Crippen LogP contribution in [-0.2, 0) is 0 Å². The summed E-state index contributed by atoms with van der Waals surface area (Å²) in [6, 6.07) is 0. The molecular formula is H18O8S. The largest absolute Gasteiger partial charge is 0.412 e. The first-order valence-corrected chi connectivity index (χ1v) is 0. The van der Waals surface area contributed by atoms with E-state index in [2.05, 4.69) is 0 Å². The van der Waals surface area contributed by atoms with Crippen molar-refractivity contribution in [3.8, 4) is 0 Å². The van der Waals surface area contributed by atoms with Gasteiger partial charge >= 0.3 is 0 Å². The minimum atomic E-state index is 0. The van der Waals surface area contributed by atoms with Crippen LogP contribution < -0.4 is 0 Å². The van der Waals surface area contributed by atoms with Crippen LogP contribution in [0.5, 0.6) is 0 Å². The highest BCUT2D eigenvalue weighted by molar-refractivity contribution is 7.59. The lowest BCUT2D eigenvalue weighted by Gasteiger charge is -0.413. The van der Waals surface area contributed by atoms with E-state index in [9.17, 15) is 0 Å². The Kier molecular flexibility index (Phi) is 31700000000. The van der Waals surface area contributed by atoms with Crippen LogP contribution in [-0.4, -0.2) is 43.8 Å². The molecule has 0 unspecified atom stereocenters. The normalized spacial score (nSPS) is 0. The fourth-order valence-electron chi connectivity index (χ4n) is 0. The van der Waals surface area contributed by atoms with Crippen LogP contribution in [0, 0.1) is 0 Å². The molecular weight excluding hydrogens is 160 g/mol. The van der Waals surface area contributed by atoms with Gasteiger partial charge in [0.1, 0.15) is 0 Å². The summed E-state index contributed by atoms with van der Waals surface area (Å²) in [6.45, 7) is 0. The zero-order valence-corrected chi connectivity index (χ0v) is 5.50. The van der Waals surface area contributed by atoms with Gasteiger partial charge in [-0.15, -0.1) is 0 Å². The maximum Gasteiger partial charge on any atom is -0.197 e. The molecule has 9 heavy (non-hydrogen) atoms. The van der Waals surface area contributed by atoms with Crippen molar-refractivity contribution in [1.29, 1.82) is 0 Å². The second-order valence-electron chi connectivity index (χ2n) is 0. The summed E-state index contributed by atoms with van der Waals surface area (Å²) < 4.78 is 0. The van der Waals surface area contributed by atoms with E-state index in [1.807, 2.05) is 0 Å². The van der Waals surface area contributed by atoms with Crippen molar-refractivity contribution in [2.45, 2.75) is 0 Å². The highest BCUT2D eigenvalue weighted by Gasteiger charge is -0.197. The van der Waals surface area contributed by atoms with Crippen LogP contribution in [0.15, 0.2) is 0 Å². The van der Waals surface area contributed by atoms with Crippen molar-refractivity contribution < 1.29 is 43.8 Å². The molecule has 0 heterocycles. The van der Waals surface area contributed by atoms with Gasteiger partial charge in [-0.1, -0.05) is 0 Å². The second kappa shape index (κ2) is 441000. The average molecular weight is 178 g/mol. The molecule has 0 aliphatic rings. The van der Waals surface area contributed by atoms with Crippen molar-refractivity contribution in [1.82, 2.24) is 0 Å². The van der Waals surface area contributed by atoms with E-state index in [1.54, 1.807) is 0 Å². The summed E-state index contributed by atoms with van der Waals surface area (Å²) in [6.07, 6.45) is 0. The van der Waals surface area contributed by atoms with Gasteiger partial charge in [0.15, 0.2) is 0 Å². The van der Waals surface area contributed by atoms with Crippen molar-refractivity contribution in [3.63, 3.8) is 0 Å². The van der Waals surface area contributed by atoms with Gasteiger partial charge in [-0.2, -0.15) is 13.5 Å². The van der Waals surface area contributed by atoms with Crippen LogP contribution in [0.4, 0.5) is 0 Å². The van der Waals surface area contributed by atoms with Crippen LogP contribution in [0.25, 0.3) is 0 Å². The third-order valence-corrected chi connectivity index (χ3v) is 0. The fourth-order valence-corrected chi connectivity index (χ4v) is 0. The molecule has 0 saturated carbocycles. The van der Waals surface area contributed by atoms with E-state index in [1.165, 1.54) is 0 Å². The average Bonchev–Trinajstić information content (AvgIpc) is 0. The van der Waals surface area contributed by atoms with Gasteiger partial charge in [-0.25, -0.2) is 0 Å². The van der Waals surface area contributed by atoms with Crippen molar-refractivity contribution in [2.75, 3.05) is 0 Å². The summed E-state index contributed by atoms with van der Waals surface area (Å²) in [5, 5.41) is 0. The highest BCUT2D eigenvalue weighted by atomic mass is 32.1. The Labute approximate surface area is 58.4 Å². The molecule has 0 spiro atoms. The van der Waals surface area contributed by atoms with Gasteiger partial charge in [-0.05, 0) is 0 Å². The Morgan fingerprint density at radius 3 is 0.222 bits per heavy atom. The number of hydrogen-bond donors (Lipinski definition) is 0. The van der Waals surface area contributed by atoms with Gasteiger partial charge in [0.2, 0.25) is 0 Å². The van der Waals surface area contributed by atoms with E-state index in [0.29, 0.717) is 0 Å². The molecule has 0 saturated heterocycles. The molecule has 0 aliphatic carbocycles. The molecule has 0 aromatic heterocycles. The molecule has 0 atom stereocenters. The van der Waals surface area contributed by atoms with Crippen LogP contribution in [0.2, 0.25) is 0 Å². The molecule has 0 rings (SSSR count). The first-order chi connectivity index (χ1) is 0. The van der Waals surface area contributed by atoms with Crippen LogP contribution in [0.3, 0.4) is 0 Å². The van der Waals surface area contributed by atoms with Gasteiger partial charge in [0, 0.05) is 0 Å². The fraction of sp³-hybridized carbons (Fsp3) is 0. The Morgan fingerprint density at radius 2 is 0.222 bits per heavy atom. The van der Waals surface area contributed by atoms with Crippen molar-refractivity contribution in [3.05, 3.63) is 0 Å². The highest BCUT2D eigenvalue weighted by Crippen LogP contribution is 0.648. The third-order valence-electron chi connectivity index (χ3n) is 0. The molecule has 0 aromatic carbocycles. The lowest BCUT2D eigenvalue weighted by molar-refractivity contribution is 0.823. The predicted octanol–water partition coefficient (Wildman–Crippen LogP) is -6.48. The summed E-state index contributed by atoms with van der Waals surface area (Å²) in [4.78, 5) is 0. The molecule has 0 amide bonds. The molecule has 8 nitrogen and oxygen atoms in total. The van der Waals surface area contributed by atoms with Crippen molar-refractivity contribution >= 4 is 13.5 Å². The maximum atomic E-state index is 0. The van der Waals surface area contributed by atoms with Crippen LogP contribution in [0.1, 0.15) is 0 Å². The van der Waals surface area contributed by atoms with E-state index >= 15 is 0 Å². The lowest BCUT2D eigenvalue weighted by Crippen LogP contribution is -0.290. The predicted molar refractivity (Wildman–Crippen MR) is 39.3 cm³/mol. The van der Waals surface area contributed by atoms with Gasteiger partial charge in [0.05, 0.1) is 0 Å². The lowest BCUT2D eigenvalue weighted by atomic mass is 16.0. The first-order valence-electron chi connectivity index (χ1n) is 0. The smallest absolute Gasteiger partial charge is 0.197 e. The summed E-state index contributed by atoms with van der Waals surface area (Å²) in [7, 11) is 0. The molecule has 0 bridgehead atoms. The van der Waals surface area contributed by atoms with Gasteiger partial charge in [-0.3, -0.25) is 0 Å². The minimum Gasteiger partial charge on any atom is -0.412 e. The maximum absolute atomic E-state index is 0. The summed E-state index contributed by atoms with van der Waals surface area (Å²) in [5.41, 5.74) is 0. The Morgan fingerprint density at radius 1 is 0.222 bits per heavy atom. The molecule has 9 heteroatoms. The second-order valence-corrected chi connectivity index (χ2v) is 0. The van der Waals surface area contributed by atoms with E-state index in [0.717, 1.165) is 0 Å². The Bertz CT molecular complexity index is 4.53. The minimum absolute atomic E-state index is 0. The van der Waals surface area contributed by atoms with Gasteiger partial charge in [0.25, 0.3) is 0 Å². The number of rotatable bonds is 0.